The Hall–Kier alpha value is -2.34. The van der Waals surface area contributed by atoms with Crippen LogP contribution < -0.4 is 10.4 Å². The van der Waals surface area contributed by atoms with E-state index in [9.17, 15) is 4.79 Å². The predicted octanol–water partition coefficient (Wildman–Crippen LogP) is 2.67. The number of aromatic nitrogens is 3. The van der Waals surface area contributed by atoms with Crippen molar-refractivity contribution in [3.8, 4) is 16.2 Å². The van der Waals surface area contributed by atoms with Gasteiger partial charge in [-0.25, -0.2) is 9.89 Å². The summed E-state index contributed by atoms with van der Waals surface area (Å²) in [5, 5.41) is 6.16. The first kappa shape index (κ1) is 13.3. The second kappa shape index (κ2) is 5.46. The summed E-state index contributed by atoms with van der Waals surface area (Å²) in [6, 6.07) is 10.5. The molecule has 0 aliphatic carbocycles. The lowest BCUT2D eigenvalue weighted by Crippen LogP contribution is -2.16. The topological polar surface area (TPSA) is 59.9 Å². The first-order valence-electron chi connectivity index (χ1n) is 7.24. The Balaban J connectivity index is 1.61. The number of aryl methyl sites for hydroxylation is 1. The fraction of sp³-hybridized carbons (Fsp3) is 0.250. The van der Waals surface area contributed by atoms with Crippen molar-refractivity contribution in [1.29, 1.82) is 0 Å². The number of H-pyrrole nitrogens is 1. The lowest BCUT2D eigenvalue weighted by molar-refractivity contribution is 0.288. The van der Waals surface area contributed by atoms with Crippen molar-refractivity contribution < 1.29 is 4.74 Å². The van der Waals surface area contributed by atoms with Crippen molar-refractivity contribution in [3.63, 3.8) is 0 Å². The van der Waals surface area contributed by atoms with E-state index in [2.05, 4.69) is 40.5 Å². The Labute approximate surface area is 131 Å². The highest BCUT2D eigenvalue weighted by Gasteiger charge is 2.12. The van der Waals surface area contributed by atoms with Crippen LogP contribution in [0.4, 0.5) is 0 Å². The number of rotatable bonds is 3. The smallest absolute Gasteiger partial charge is 0.343 e. The zero-order valence-electron chi connectivity index (χ0n) is 11.9. The summed E-state index contributed by atoms with van der Waals surface area (Å²) >= 11 is 1.70. The average Bonchev–Trinajstić information content (AvgIpc) is 3.17. The zero-order chi connectivity index (χ0) is 14.9. The molecule has 0 unspecified atom stereocenters. The fourth-order valence-corrected chi connectivity index (χ4v) is 3.69. The van der Waals surface area contributed by atoms with Gasteiger partial charge in [-0.05, 0) is 54.3 Å². The monoisotopic (exact) mass is 313 g/mol. The summed E-state index contributed by atoms with van der Waals surface area (Å²) in [5.74, 6) is 1.01. The van der Waals surface area contributed by atoms with Crippen LogP contribution in [0.1, 0.15) is 16.9 Å². The molecule has 1 aliphatic heterocycles. The highest BCUT2D eigenvalue weighted by atomic mass is 32.1. The molecular formula is C16H15N3O2S. The van der Waals surface area contributed by atoms with Crippen LogP contribution in [0.15, 0.2) is 41.5 Å². The average molecular weight is 313 g/mol. The molecule has 1 aromatic carbocycles. The molecule has 0 bridgehead atoms. The minimum absolute atomic E-state index is 0.180. The third-order valence-corrected chi connectivity index (χ3v) is 4.92. The van der Waals surface area contributed by atoms with Gasteiger partial charge >= 0.3 is 5.69 Å². The van der Waals surface area contributed by atoms with Gasteiger partial charge in [0.15, 0.2) is 0 Å². The number of fused-ring (bicyclic) bond motifs is 1. The number of aromatic amines is 1. The molecule has 0 spiro atoms. The van der Waals surface area contributed by atoms with Gasteiger partial charge in [-0.15, -0.1) is 11.3 Å². The molecular weight excluding hydrogens is 298 g/mol. The Kier molecular flexibility index (Phi) is 3.31. The molecule has 1 N–H and O–H groups in total. The molecule has 4 rings (SSSR count). The van der Waals surface area contributed by atoms with Crippen LogP contribution >= 0.6 is 11.3 Å². The summed E-state index contributed by atoms with van der Waals surface area (Å²) in [7, 11) is 0. The Bertz CT molecular complexity index is 862. The maximum Gasteiger partial charge on any atom is 0.343 e. The van der Waals surface area contributed by atoms with Gasteiger partial charge in [0.2, 0.25) is 0 Å². The van der Waals surface area contributed by atoms with Crippen LogP contribution in [0.2, 0.25) is 0 Å². The quantitative estimate of drug-likeness (QED) is 0.809. The van der Waals surface area contributed by atoms with E-state index in [1.165, 1.54) is 22.3 Å². The van der Waals surface area contributed by atoms with Gasteiger partial charge in [-0.3, -0.25) is 4.57 Å². The van der Waals surface area contributed by atoms with Crippen molar-refractivity contribution in [2.75, 3.05) is 6.61 Å². The van der Waals surface area contributed by atoms with Crippen LogP contribution in [0, 0.1) is 0 Å². The molecule has 0 fully saturated rings. The predicted molar refractivity (Wildman–Crippen MR) is 85.5 cm³/mol. The number of ether oxygens (including phenoxy) is 1. The van der Waals surface area contributed by atoms with Crippen LogP contribution in [0.3, 0.4) is 0 Å². The summed E-state index contributed by atoms with van der Waals surface area (Å²) in [5.41, 5.74) is 2.31. The largest absolute Gasteiger partial charge is 0.493 e. The molecule has 112 valence electrons. The van der Waals surface area contributed by atoms with Crippen molar-refractivity contribution in [3.05, 3.63) is 57.6 Å². The summed E-state index contributed by atoms with van der Waals surface area (Å²) in [6.45, 7) is 1.36. The van der Waals surface area contributed by atoms with Gasteiger partial charge in [-0.1, -0.05) is 0 Å². The van der Waals surface area contributed by atoms with Crippen LogP contribution in [0.5, 0.6) is 5.75 Å². The Morgan fingerprint density at radius 1 is 1.32 bits per heavy atom. The molecule has 1 aliphatic rings. The van der Waals surface area contributed by atoms with E-state index in [1.807, 2.05) is 0 Å². The number of nitrogens with one attached hydrogen (secondary N) is 1. The SMILES string of the molecule is O=c1[nH]ncn1Cc1ccc(-c2ccc3c(c2)CCCO3)s1. The fourth-order valence-electron chi connectivity index (χ4n) is 2.68. The Morgan fingerprint density at radius 2 is 2.27 bits per heavy atom. The zero-order valence-corrected chi connectivity index (χ0v) is 12.7. The van der Waals surface area contributed by atoms with Gasteiger partial charge in [0, 0.05) is 9.75 Å². The van der Waals surface area contributed by atoms with E-state index >= 15 is 0 Å². The van der Waals surface area contributed by atoms with E-state index in [4.69, 9.17) is 4.74 Å². The number of nitrogens with zero attached hydrogens (tertiary/aromatic N) is 2. The van der Waals surface area contributed by atoms with Crippen LogP contribution in [0.25, 0.3) is 10.4 Å². The van der Waals surface area contributed by atoms with Gasteiger partial charge < -0.3 is 4.74 Å². The summed E-state index contributed by atoms with van der Waals surface area (Å²) in [4.78, 5) is 13.8. The van der Waals surface area contributed by atoms with Crippen molar-refractivity contribution >= 4 is 11.3 Å². The molecule has 0 saturated carbocycles. The molecule has 0 saturated heterocycles. The van der Waals surface area contributed by atoms with Crippen LogP contribution in [-0.4, -0.2) is 21.4 Å². The summed E-state index contributed by atoms with van der Waals surface area (Å²) in [6.07, 6.45) is 3.68. The number of hydrogen-bond donors (Lipinski definition) is 1. The van der Waals surface area contributed by atoms with Crippen molar-refractivity contribution in [2.24, 2.45) is 0 Å². The van der Waals surface area contributed by atoms with E-state index in [0.717, 1.165) is 30.1 Å². The summed E-state index contributed by atoms with van der Waals surface area (Å²) < 4.78 is 7.22. The normalized spacial score (nSPS) is 13.6. The minimum Gasteiger partial charge on any atom is -0.493 e. The van der Waals surface area contributed by atoms with E-state index in [1.54, 1.807) is 15.9 Å². The lowest BCUT2D eigenvalue weighted by Gasteiger charge is -2.17. The third kappa shape index (κ3) is 2.46. The molecule has 2 aromatic heterocycles. The van der Waals surface area contributed by atoms with E-state index in [0.29, 0.717) is 6.54 Å². The molecule has 22 heavy (non-hydrogen) atoms. The molecule has 0 amide bonds. The standard InChI is InChI=1S/C16H15N3O2S/c20-16-18-17-10-19(16)9-13-4-6-15(22-13)12-3-5-14-11(8-12)2-1-7-21-14/h3-6,8,10H,1-2,7,9H2,(H,18,20). The molecule has 3 heterocycles. The second-order valence-corrected chi connectivity index (χ2v) is 6.50. The number of hydrogen-bond acceptors (Lipinski definition) is 4. The highest BCUT2D eigenvalue weighted by molar-refractivity contribution is 7.15. The van der Waals surface area contributed by atoms with Gasteiger partial charge in [-0.2, -0.15) is 5.10 Å². The van der Waals surface area contributed by atoms with Crippen molar-refractivity contribution in [1.82, 2.24) is 14.8 Å². The number of benzene rings is 1. The van der Waals surface area contributed by atoms with Crippen LogP contribution in [-0.2, 0) is 13.0 Å². The maximum atomic E-state index is 11.5. The van der Waals surface area contributed by atoms with Crippen molar-refractivity contribution in [2.45, 2.75) is 19.4 Å². The van der Waals surface area contributed by atoms with E-state index in [-0.39, 0.29) is 5.69 Å². The third-order valence-electron chi connectivity index (χ3n) is 3.80. The second-order valence-electron chi connectivity index (χ2n) is 5.33. The molecule has 0 atom stereocenters. The minimum atomic E-state index is -0.180. The molecule has 0 radical (unpaired) electrons. The first-order chi connectivity index (χ1) is 10.8. The van der Waals surface area contributed by atoms with E-state index < -0.39 is 0 Å². The number of thiophene rings is 1. The first-order valence-corrected chi connectivity index (χ1v) is 8.06. The highest BCUT2D eigenvalue weighted by Crippen LogP contribution is 2.33. The van der Waals surface area contributed by atoms with Gasteiger partial charge in [0.05, 0.1) is 13.2 Å². The lowest BCUT2D eigenvalue weighted by atomic mass is 10.0. The molecule has 5 nitrogen and oxygen atoms in total. The van der Waals surface area contributed by atoms with Gasteiger partial charge in [0.1, 0.15) is 12.1 Å². The maximum absolute atomic E-state index is 11.5. The molecule has 6 heteroatoms. The molecule has 3 aromatic rings. The van der Waals surface area contributed by atoms with Gasteiger partial charge in [0.25, 0.3) is 0 Å². The Morgan fingerprint density at radius 3 is 3.14 bits per heavy atom.